The van der Waals surface area contributed by atoms with Gasteiger partial charge in [0.1, 0.15) is 0 Å². The molecule has 0 aliphatic carbocycles. The van der Waals surface area contributed by atoms with Gasteiger partial charge in [0.2, 0.25) is 5.91 Å². The topological polar surface area (TPSA) is 51.1 Å². The molecule has 0 unspecified atom stereocenters. The molecular formula is C13H16N2O2S2. The van der Waals surface area contributed by atoms with Gasteiger partial charge in [-0.3, -0.25) is 9.59 Å². The molecule has 6 heteroatoms. The summed E-state index contributed by atoms with van der Waals surface area (Å²) in [6, 6.07) is 3.99. The number of hydrogen-bond donors (Lipinski definition) is 1. The summed E-state index contributed by atoms with van der Waals surface area (Å²) >= 11 is 2.80. The summed E-state index contributed by atoms with van der Waals surface area (Å²) in [7, 11) is 0. The third-order valence-corrected chi connectivity index (χ3v) is 4.82. The molecule has 2 rings (SSSR count). The van der Waals surface area contributed by atoms with Crippen LogP contribution in [0.3, 0.4) is 0 Å². The Morgan fingerprint density at radius 3 is 2.84 bits per heavy atom. The summed E-state index contributed by atoms with van der Waals surface area (Å²) in [4.78, 5) is 24.5. The second-order valence-electron chi connectivity index (χ2n) is 4.35. The van der Waals surface area contributed by atoms with Gasteiger partial charge in [-0.1, -0.05) is 17.4 Å². The third-order valence-electron chi connectivity index (χ3n) is 2.89. The highest BCUT2D eigenvalue weighted by Gasteiger charge is 2.11. The average molecular weight is 296 g/mol. The zero-order valence-corrected chi connectivity index (χ0v) is 12.5. The fraction of sp³-hybridized carbons (Fsp3) is 0.385. The Bertz CT molecular complexity index is 598. The van der Waals surface area contributed by atoms with E-state index in [9.17, 15) is 9.59 Å². The first-order valence-electron chi connectivity index (χ1n) is 6.05. The number of aryl methyl sites for hydroxylation is 1. The van der Waals surface area contributed by atoms with Crippen molar-refractivity contribution in [1.82, 2.24) is 9.88 Å². The molecular weight excluding hydrogens is 280 g/mol. The van der Waals surface area contributed by atoms with Gasteiger partial charge in [-0.15, -0.1) is 11.3 Å². The van der Waals surface area contributed by atoms with E-state index in [-0.39, 0.29) is 16.8 Å². The van der Waals surface area contributed by atoms with Gasteiger partial charge < -0.3 is 9.88 Å². The second-order valence-corrected chi connectivity index (χ2v) is 6.15. The molecule has 2 aromatic rings. The Morgan fingerprint density at radius 1 is 1.47 bits per heavy atom. The smallest absolute Gasteiger partial charge is 0.307 e. The van der Waals surface area contributed by atoms with Gasteiger partial charge in [0.15, 0.2) is 0 Å². The second kappa shape index (κ2) is 6.16. The molecule has 0 saturated carbocycles. The molecule has 0 aromatic carbocycles. The lowest BCUT2D eigenvalue weighted by molar-refractivity contribution is -0.121. The lowest BCUT2D eigenvalue weighted by Crippen LogP contribution is -2.28. The first-order chi connectivity index (χ1) is 9.08. The number of nitrogens with one attached hydrogen (secondary N) is 1. The molecule has 4 nitrogen and oxygen atoms in total. The Hall–Kier alpha value is -1.40. The molecule has 0 bridgehead atoms. The van der Waals surface area contributed by atoms with E-state index in [1.165, 1.54) is 11.3 Å². The number of amides is 1. The highest BCUT2D eigenvalue weighted by atomic mass is 32.1. The zero-order valence-electron chi connectivity index (χ0n) is 10.9. The van der Waals surface area contributed by atoms with Crippen LogP contribution in [0.25, 0.3) is 0 Å². The number of thiazole rings is 1. The van der Waals surface area contributed by atoms with Gasteiger partial charge in [0.05, 0.1) is 6.04 Å². The molecule has 0 radical (unpaired) electrons. The highest BCUT2D eigenvalue weighted by molar-refractivity contribution is 7.10. The van der Waals surface area contributed by atoms with Crippen molar-refractivity contribution in [2.75, 3.05) is 0 Å². The molecule has 0 fully saturated rings. The molecule has 1 atom stereocenters. The Balaban J connectivity index is 1.87. The monoisotopic (exact) mass is 296 g/mol. The van der Waals surface area contributed by atoms with Gasteiger partial charge in [-0.25, -0.2) is 0 Å². The average Bonchev–Trinajstić information content (AvgIpc) is 2.98. The van der Waals surface area contributed by atoms with Crippen molar-refractivity contribution in [3.8, 4) is 0 Å². The van der Waals surface area contributed by atoms with Crippen molar-refractivity contribution in [2.45, 2.75) is 32.9 Å². The fourth-order valence-corrected chi connectivity index (χ4v) is 3.31. The van der Waals surface area contributed by atoms with E-state index >= 15 is 0 Å². The number of nitrogens with zero attached hydrogens (tertiary/aromatic N) is 1. The summed E-state index contributed by atoms with van der Waals surface area (Å²) in [5, 5.41) is 6.75. The molecule has 0 aliphatic heterocycles. The summed E-state index contributed by atoms with van der Waals surface area (Å²) < 4.78 is 1.64. The number of carbonyl (C=O) groups excluding carboxylic acids is 1. The van der Waals surface area contributed by atoms with E-state index in [2.05, 4.69) is 5.32 Å². The van der Waals surface area contributed by atoms with E-state index in [4.69, 9.17) is 0 Å². The van der Waals surface area contributed by atoms with E-state index < -0.39 is 0 Å². The van der Waals surface area contributed by atoms with Crippen molar-refractivity contribution in [3.05, 3.63) is 43.1 Å². The predicted octanol–water partition coefficient (Wildman–Crippen LogP) is 2.55. The first-order valence-corrected chi connectivity index (χ1v) is 7.81. The normalized spacial score (nSPS) is 12.3. The molecule has 1 amide bonds. The predicted molar refractivity (Wildman–Crippen MR) is 78.8 cm³/mol. The quantitative estimate of drug-likeness (QED) is 0.922. The van der Waals surface area contributed by atoms with Crippen LogP contribution in [0, 0.1) is 6.92 Å². The molecule has 2 aromatic heterocycles. The number of hydrogen-bond acceptors (Lipinski definition) is 4. The van der Waals surface area contributed by atoms with Crippen molar-refractivity contribution in [1.29, 1.82) is 0 Å². The summed E-state index contributed by atoms with van der Waals surface area (Å²) in [6.07, 6.45) is 0.327. The van der Waals surface area contributed by atoms with Gasteiger partial charge in [-0.05, 0) is 25.3 Å². The Kier molecular flexibility index (Phi) is 4.55. The number of rotatable bonds is 5. The van der Waals surface area contributed by atoms with Crippen LogP contribution in [0.2, 0.25) is 0 Å². The van der Waals surface area contributed by atoms with E-state index in [1.54, 1.807) is 15.9 Å². The van der Waals surface area contributed by atoms with Crippen LogP contribution in [0.15, 0.2) is 27.7 Å². The number of thiophene rings is 1. The summed E-state index contributed by atoms with van der Waals surface area (Å²) in [5.74, 6) is -0.0293. The van der Waals surface area contributed by atoms with E-state index in [1.807, 2.05) is 36.7 Å². The van der Waals surface area contributed by atoms with Crippen LogP contribution >= 0.6 is 22.7 Å². The molecule has 19 heavy (non-hydrogen) atoms. The molecule has 0 spiro atoms. The molecule has 2 heterocycles. The summed E-state index contributed by atoms with van der Waals surface area (Å²) in [5.41, 5.74) is 0.911. The van der Waals surface area contributed by atoms with Crippen LogP contribution in [0.1, 0.15) is 30.0 Å². The van der Waals surface area contributed by atoms with E-state index in [0.717, 1.165) is 10.6 Å². The minimum atomic E-state index is -0.0293. The molecule has 0 aliphatic rings. The highest BCUT2D eigenvalue weighted by Crippen LogP contribution is 2.18. The van der Waals surface area contributed by atoms with Crippen LogP contribution < -0.4 is 10.2 Å². The third kappa shape index (κ3) is 3.54. The van der Waals surface area contributed by atoms with Gasteiger partial charge in [0.25, 0.3) is 0 Å². The van der Waals surface area contributed by atoms with Crippen molar-refractivity contribution >= 4 is 28.6 Å². The maximum absolute atomic E-state index is 11.8. The van der Waals surface area contributed by atoms with Gasteiger partial charge in [0, 0.05) is 28.9 Å². The lowest BCUT2D eigenvalue weighted by Gasteiger charge is -2.12. The number of carbonyl (C=O) groups is 1. The van der Waals surface area contributed by atoms with Crippen molar-refractivity contribution in [2.24, 2.45) is 0 Å². The van der Waals surface area contributed by atoms with Crippen molar-refractivity contribution < 1.29 is 4.79 Å². The molecule has 102 valence electrons. The minimum absolute atomic E-state index is 0.00314. The van der Waals surface area contributed by atoms with E-state index in [0.29, 0.717) is 13.0 Å². The van der Waals surface area contributed by atoms with Gasteiger partial charge in [-0.2, -0.15) is 0 Å². The number of aromatic nitrogens is 1. The maximum Gasteiger partial charge on any atom is 0.307 e. The first kappa shape index (κ1) is 14.0. The summed E-state index contributed by atoms with van der Waals surface area (Å²) in [6.45, 7) is 4.28. The van der Waals surface area contributed by atoms with Crippen LogP contribution in [0.4, 0.5) is 0 Å². The maximum atomic E-state index is 11.8. The van der Waals surface area contributed by atoms with Crippen LogP contribution in [0.5, 0.6) is 0 Å². The van der Waals surface area contributed by atoms with Crippen molar-refractivity contribution in [3.63, 3.8) is 0 Å². The zero-order chi connectivity index (χ0) is 13.8. The largest absolute Gasteiger partial charge is 0.349 e. The molecule has 1 N–H and O–H groups in total. The standard InChI is InChI=1S/C13H16N2O2S2/c1-9-8-19-13(17)15(9)6-5-12(16)14-10(2)11-4-3-7-18-11/h3-4,7-8,10H,5-6H2,1-2H3,(H,14,16)/t10-/m0/s1. The fourth-order valence-electron chi connectivity index (χ4n) is 1.81. The SMILES string of the molecule is Cc1csc(=O)n1CCC(=O)N[C@@H](C)c1cccs1. The Morgan fingerprint density at radius 2 is 2.26 bits per heavy atom. The van der Waals surface area contributed by atoms with Crippen LogP contribution in [-0.2, 0) is 11.3 Å². The Labute approximate surface area is 119 Å². The van der Waals surface area contributed by atoms with Gasteiger partial charge >= 0.3 is 4.87 Å². The molecule has 0 saturated heterocycles. The van der Waals surface area contributed by atoms with Crippen LogP contribution in [-0.4, -0.2) is 10.5 Å². The minimum Gasteiger partial charge on any atom is -0.349 e. The lowest BCUT2D eigenvalue weighted by atomic mass is 10.2.